The van der Waals surface area contributed by atoms with Crippen LogP contribution in [0.4, 0.5) is 0 Å². The Hall–Kier alpha value is -2.87. The zero-order valence-corrected chi connectivity index (χ0v) is 14.6. The number of hydrogen-bond acceptors (Lipinski definition) is 5. The molecule has 0 amide bonds. The number of halogens is 1. The fraction of sp³-hybridized carbons (Fsp3) is 0.118. The number of ketones is 1. The smallest absolute Gasteiger partial charge is 0.189 e. The van der Waals surface area contributed by atoms with Gasteiger partial charge in [-0.1, -0.05) is 45.4 Å². The molecule has 0 fully saturated rings. The molecule has 0 spiro atoms. The lowest BCUT2D eigenvalue weighted by molar-refractivity contribution is 0.0902. The summed E-state index contributed by atoms with van der Waals surface area (Å²) in [5.41, 5.74) is 2.26. The maximum Gasteiger partial charge on any atom is 0.189 e. The Balaban J connectivity index is 1.72. The van der Waals surface area contributed by atoms with Crippen molar-refractivity contribution in [3.63, 3.8) is 0 Å². The molecule has 0 radical (unpaired) electrons. The summed E-state index contributed by atoms with van der Waals surface area (Å²) in [6.45, 7) is 0.318. The Morgan fingerprint density at radius 1 is 1.12 bits per heavy atom. The maximum atomic E-state index is 13.1. The Morgan fingerprint density at radius 2 is 1.92 bits per heavy atom. The molecule has 2 aromatic carbocycles. The van der Waals surface area contributed by atoms with Crippen LogP contribution in [0.15, 0.2) is 65.7 Å². The molecule has 124 valence electrons. The van der Waals surface area contributed by atoms with Gasteiger partial charge in [0.2, 0.25) is 0 Å². The number of benzene rings is 2. The number of nitrogens with zero attached hydrogens (tertiary/aromatic N) is 6. The number of carbonyl (C=O) groups excluding carboxylic acids is 1. The molecule has 0 aliphatic heterocycles. The molecule has 4 rings (SSSR count). The molecule has 7 nitrogen and oxygen atoms in total. The van der Waals surface area contributed by atoms with Crippen LogP contribution in [0.5, 0.6) is 0 Å². The van der Waals surface area contributed by atoms with Crippen LogP contribution >= 0.6 is 15.9 Å². The van der Waals surface area contributed by atoms with E-state index in [4.69, 9.17) is 0 Å². The van der Waals surface area contributed by atoms with E-state index >= 15 is 0 Å². The van der Waals surface area contributed by atoms with Crippen LogP contribution in [-0.4, -0.2) is 35.5 Å². The number of aromatic nitrogens is 6. The number of hydrogen-bond donors (Lipinski definition) is 0. The Bertz CT molecular complexity index is 1010. The van der Waals surface area contributed by atoms with Gasteiger partial charge in [0.25, 0.3) is 0 Å². The number of para-hydroxylation sites is 1. The number of rotatable bonds is 5. The molecule has 4 aromatic rings. The highest BCUT2D eigenvalue weighted by molar-refractivity contribution is 9.10. The van der Waals surface area contributed by atoms with Crippen LogP contribution in [0.3, 0.4) is 0 Å². The van der Waals surface area contributed by atoms with E-state index in [0.29, 0.717) is 12.1 Å². The van der Waals surface area contributed by atoms with Gasteiger partial charge in [-0.2, -0.15) is 5.10 Å². The number of fused-ring (bicyclic) bond motifs is 1. The zero-order chi connectivity index (χ0) is 17.2. The molecule has 1 atom stereocenters. The molecule has 25 heavy (non-hydrogen) atoms. The summed E-state index contributed by atoms with van der Waals surface area (Å²) in [5.74, 6) is -0.0578. The van der Waals surface area contributed by atoms with Crippen LogP contribution in [0.1, 0.15) is 16.4 Å². The molecule has 1 unspecified atom stereocenters. The van der Waals surface area contributed by atoms with E-state index in [1.54, 1.807) is 27.8 Å². The second-order valence-electron chi connectivity index (χ2n) is 5.52. The predicted molar refractivity (Wildman–Crippen MR) is 95.1 cm³/mol. The van der Waals surface area contributed by atoms with Crippen LogP contribution in [0.25, 0.3) is 11.0 Å². The zero-order valence-electron chi connectivity index (χ0n) is 13.0. The first-order valence-electron chi connectivity index (χ1n) is 7.64. The van der Waals surface area contributed by atoms with Gasteiger partial charge in [0.15, 0.2) is 5.78 Å². The maximum absolute atomic E-state index is 13.1. The second kappa shape index (κ2) is 6.56. The van der Waals surface area contributed by atoms with Crippen LogP contribution in [0.2, 0.25) is 0 Å². The number of Topliss-reactive ketones (excluding diaryl/α,β-unsaturated/α-hetero) is 1. The third kappa shape index (κ3) is 3.08. The van der Waals surface area contributed by atoms with Gasteiger partial charge in [-0.3, -0.25) is 4.79 Å². The third-order valence-corrected chi connectivity index (χ3v) is 4.48. The van der Waals surface area contributed by atoms with Crippen LogP contribution < -0.4 is 0 Å². The first kappa shape index (κ1) is 15.6. The van der Waals surface area contributed by atoms with E-state index in [2.05, 4.69) is 36.3 Å². The van der Waals surface area contributed by atoms with Crippen molar-refractivity contribution in [3.05, 3.63) is 71.2 Å². The molecule has 8 heteroatoms. The van der Waals surface area contributed by atoms with Crippen molar-refractivity contribution in [3.8, 4) is 0 Å². The second-order valence-corrected chi connectivity index (χ2v) is 6.44. The summed E-state index contributed by atoms with van der Waals surface area (Å²) in [7, 11) is 0. The minimum atomic E-state index is -0.561. The average Bonchev–Trinajstić information content (AvgIpc) is 3.30. The molecular weight excluding hydrogens is 384 g/mol. The Labute approximate surface area is 151 Å². The van der Waals surface area contributed by atoms with Gasteiger partial charge in [0, 0.05) is 10.0 Å². The minimum absolute atomic E-state index is 0.0578. The standard InChI is InChI=1S/C17H13BrN6O/c18-13-7-5-12(6-8-13)17(25)16(24-11-19-10-20-24)9-23-15-4-2-1-3-14(15)21-22-23/h1-8,10-11,16H,9H2. The van der Waals surface area contributed by atoms with Gasteiger partial charge in [-0.05, 0) is 24.3 Å². The molecular formula is C17H13BrN6O. The highest BCUT2D eigenvalue weighted by Gasteiger charge is 2.24. The quantitative estimate of drug-likeness (QED) is 0.484. The van der Waals surface area contributed by atoms with Crippen LogP contribution in [-0.2, 0) is 6.54 Å². The molecule has 2 heterocycles. The van der Waals surface area contributed by atoms with E-state index in [-0.39, 0.29) is 5.78 Å². The Kier molecular flexibility index (Phi) is 4.10. The largest absolute Gasteiger partial charge is 0.292 e. The van der Waals surface area contributed by atoms with Crippen molar-refractivity contribution in [1.82, 2.24) is 29.8 Å². The van der Waals surface area contributed by atoms with Crippen molar-refractivity contribution < 1.29 is 4.79 Å². The van der Waals surface area contributed by atoms with Gasteiger partial charge in [0.05, 0.1) is 12.1 Å². The molecule has 0 aliphatic rings. The van der Waals surface area contributed by atoms with Crippen molar-refractivity contribution in [2.45, 2.75) is 12.6 Å². The summed E-state index contributed by atoms with van der Waals surface area (Å²) in [6.07, 6.45) is 2.96. The summed E-state index contributed by atoms with van der Waals surface area (Å²) >= 11 is 3.38. The number of carbonyl (C=O) groups is 1. The van der Waals surface area contributed by atoms with E-state index in [1.807, 2.05) is 36.4 Å². The van der Waals surface area contributed by atoms with Gasteiger partial charge in [0.1, 0.15) is 24.2 Å². The van der Waals surface area contributed by atoms with E-state index in [1.165, 1.54) is 6.33 Å². The SMILES string of the molecule is O=C(c1ccc(Br)cc1)C(Cn1nnc2ccccc21)n1cncn1. The molecule has 0 bridgehead atoms. The van der Waals surface area contributed by atoms with E-state index < -0.39 is 6.04 Å². The molecule has 0 saturated carbocycles. The summed E-state index contributed by atoms with van der Waals surface area (Å²) in [5, 5.41) is 12.5. The first-order valence-corrected chi connectivity index (χ1v) is 8.44. The fourth-order valence-corrected chi connectivity index (χ4v) is 2.95. The summed E-state index contributed by atoms with van der Waals surface area (Å²) < 4.78 is 4.20. The lowest BCUT2D eigenvalue weighted by atomic mass is 10.0. The van der Waals surface area contributed by atoms with Crippen molar-refractivity contribution in [1.29, 1.82) is 0 Å². The van der Waals surface area contributed by atoms with E-state index in [9.17, 15) is 4.79 Å². The van der Waals surface area contributed by atoms with E-state index in [0.717, 1.165) is 15.5 Å². The average molecular weight is 397 g/mol. The first-order chi connectivity index (χ1) is 12.2. The van der Waals surface area contributed by atoms with Crippen LogP contribution in [0, 0.1) is 0 Å². The Morgan fingerprint density at radius 3 is 2.68 bits per heavy atom. The summed E-state index contributed by atoms with van der Waals surface area (Å²) in [6, 6.07) is 14.3. The van der Waals surface area contributed by atoms with Gasteiger partial charge in [-0.15, -0.1) is 5.10 Å². The van der Waals surface area contributed by atoms with Gasteiger partial charge >= 0.3 is 0 Å². The lowest BCUT2D eigenvalue weighted by Gasteiger charge is -2.16. The van der Waals surface area contributed by atoms with Crippen molar-refractivity contribution in [2.24, 2.45) is 0 Å². The molecule has 0 aliphatic carbocycles. The molecule has 2 aromatic heterocycles. The fourth-order valence-electron chi connectivity index (χ4n) is 2.69. The van der Waals surface area contributed by atoms with Crippen molar-refractivity contribution in [2.75, 3.05) is 0 Å². The minimum Gasteiger partial charge on any atom is -0.292 e. The predicted octanol–water partition coefficient (Wildman–Crippen LogP) is 2.91. The third-order valence-electron chi connectivity index (χ3n) is 3.95. The van der Waals surface area contributed by atoms with Crippen molar-refractivity contribution >= 4 is 32.7 Å². The molecule has 0 N–H and O–H groups in total. The topological polar surface area (TPSA) is 78.5 Å². The highest BCUT2D eigenvalue weighted by atomic mass is 79.9. The normalized spacial score (nSPS) is 12.4. The van der Waals surface area contributed by atoms with Gasteiger partial charge < -0.3 is 0 Å². The molecule has 0 saturated heterocycles. The van der Waals surface area contributed by atoms with Gasteiger partial charge in [-0.25, -0.2) is 14.3 Å². The summed E-state index contributed by atoms with van der Waals surface area (Å²) in [4.78, 5) is 17.0. The monoisotopic (exact) mass is 396 g/mol. The lowest BCUT2D eigenvalue weighted by Crippen LogP contribution is -2.25. The highest BCUT2D eigenvalue weighted by Crippen LogP contribution is 2.20.